The summed E-state index contributed by atoms with van der Waals surface area (Å²) >= 11 is 0. The summed E-state index contributed by atoms with van der Waals surface area (Å²) in [5.74, 6) is 2.71. The number of ether oxygens (including phenoxy) is 1. The second-order valence-electron chi connectivity index (χ2n) is 7.40. The highest BCUT2D eigenvalue weighted by Gasteiger charge is 2.24. The molecule has 0 atom stereocenters. The van der Waals surface area contributed by atoms with E-state index in [9.17, 15) is 4.79 Å². The molecule has 0 spiro atoms. The second kappa shape index (κ2) is 8.99. The van der Waals surface area contributed by atoms with Gasteiger partial charge in [-0.2, -0.15) is 4.57 Å². The predicted octanol–water partition coefficient (Wildman–Crippen LogP) is 5.25. The van der Waals surface area contributed by atoms with Crippen molar-refractivity contribution in [3.05, 3.63) is 72.5 Å². The van der Waals surface area contributed by atoms with Gasteiger partial charge in [-0.3, -0.25) is 0 Å². The standard InChI is InChI=1S/C25H27N2O3/c1-3-26-20-12-4-6-14-22(20)29-24(26)16-10-17-25-27(18-9-8-11-19(2)28)21-13-5-7-15-23(21)30-25/h4-7,10,12-17H,3,8-9,11,18H2,1-2H3/q+1. The largest absolute Gasteiger partial charge is 0.439 e. The number of ketones is 1. The zero-order valence-corrected chi connectivity index (χ0v) is 17.5. The van der Waals surface area contributed by atoms with Crippen LogP contribution in [-0.4, -0.2) is 12.3 Å². The SMILES string of the molecule is CCN1/C(=C/C=C/c2oc3ccccc3[n+]2CCCCC(C)=O)Oc2ccccc21. The van der Waals surface area contributed by atoms with Gasteiger partial charge in [-0.1, -0.05) is 24.3 Å². The summed E-state index contributed by atoms with van der Waals surface area (Å²) in [6.07, 6.45) is 8.34. The molecule has 0 aliphatic carbocycles. The van der Waals surface area contributed by atoms with Gasteiger partial charge >= 0.3 is 5.89 Å². The molecular weight excluding hydrogens is 376 g/mol. The maximum atomic E-state index is 11.2. The molecule has 4 rings (SSSR count). The Kier molecular flexibility index (Phi) is 5.98. The number of anilines is 1. The molecule has 2 heterocycles. The number of carbonyl (C=O) groups is 1. The molecule has 30 heavy (non-hydrogen) atoms. The van der Waals surface area contributed by atoms with Crippen molar-refractivity contribution in [1.29, 1.82) is 0 Å². The first kappa shape index (κ1) is 20.0. The van der Waals surface area contributed by atoms with Gasteiger partial charge < -0.3 is 18.8 Å². The molecule has 0 unspecified atom stereocenters. The van der Waals surface area contributed by atoms with Gasteiger partial charge in [0.2, 0.25) is 11.5 Å². The topological polar surface area (TPSA) is 46.6 Å². The van der Waals surface area contributed by atoms with E-state index in [0.717, 1.165) is 60.2 Å². The summed E-state index contributed by atoms with van der Waals surface area (Å²) in [7, 11) is 0. The third-order valence-electron chi connectivity index (χ3n) is 5.23. The first-order valence-corrected chi connectivity index (χ1v) is 10.5. The first-order valence-electron chi connectivity index (χ1n) is 10.5. The average Bonchev–Trinajstić information content (AvgIpc) is 3.28. The van der Waals surface area contributed by atoms with E-state index in [1.54, 1.807) is 6.92 Å². The molecule has 154 valence electrons. The van der Waals surface area contributed by atoms with Crippen LogP contribution in [0.5, 0.6) is 5.75 Å². The monoisotopic (exact) mass is 403 g/mol. The van der Waals surface area contributed by atoms with E-state index in [-0.39, 0.29) is 5.78 Å². The van der Waals surface area contributed by atoms with Crippen LogP contribution in [-0.2, 0) is 11.3 Å². The molecule has 0 fully saturated rings. The van der Waals surface area contributed by atoms with Crippen LogP contribution in [0, 0.1) is 0 Å². The normalized spacial score (nSPS) is 14.6. The molecule has 1 aliphatic heterocycles. The van der Waals surface area contributed by atoms with Crippen LogP contribution in [0.25, 0.3) is 17.2 Å². The first-order chi connectivity index (χ1) is 14.7. The van der Waals surface area contributed by atoms with Crippen LogP contribution >= 0.6 is 0 Å². The van der Waals surface area contributed by atoms with Crippen molar-refractivity contribution in [3.8, 4) is 5.75 Å². The van der Waals surface area contributed by atoms with Gasteiger partial charge in [0.05, 0.1) is 11.8 Å². The van der Waals surface area contributed by atoms with Gasteiger partial charge in [0, 0.05) is 25.5 Å². The minimum Gasteiger partial charge on any atom is -0.439 e. The van der Waals surface area contributed by atoms with E-state index >= 15 is 0 Å². The fraction of sp³-hybridized carbons (Fsp3) is 0.280. The summed E-state index contributed by atoms with van der Waals surface area (Å²) in [4.78, 5) is 13.4. The Balaban J connectivity index is 1.56. The number of hydrogen-bond donors (Lipinski definition) is 0. The molecule has 0 amide bonds. The van der Waals surface area contributed by atoms with Crippen LogP contribution in [0.2, 0.25) is 0 Å². The minimum absolute atomic E-state index is 0.238. The Morgan fingerprint density at radius 2 is 1.90 bits per heavy atom. The zero-order chi connectivity index (χ0) is 20.9. The van der Waals surface area contributed by atoms with Gasteiger partial charge in [0.15, 0.2) is 12.3 Å². The number of oxazole rings is 1. The summed E-state index contributed by atoms with van der Waals surface area (Å²) in [6, 6.07) is 16.1. The lowest BCUT2D eigenvalue weighted by atomic mass is 10.2. The third kappa shape index (κ3) is 4.15. The Bertz CT molecular complexity index is 1110. The number of benzene rings is 2. The molecule has 0 bridgehead atoms. The number of fused-ring (bicyclic) bond motifs is 2. The minimum atomic E-state index is 0.238. The Morgan fingerprint density at radius 1 is 1.10 bits per heavy atom. The lowest BCUT2D eigenvalue weighted by Gasteiger charge is -2.14. The smallest absolute Gasteiger partial charge is 0.374 e. The van der Waals surface area contributed by atoms with E-state index in [0.29, 0.717) is 6.42 Å². The van der Waals surface area contributed by atoms with Crippen LogP contribution in [0.3, 0.4) is 0 Å². The van der Waals surface area contributed by atoms with Crippen molar-refractivity contribution in [3.63, 3.8) is 0 Å². The summed E-state index contributed by atoms with van der Waals surface area (Å²) in [5.41, 5.74) is 3.01. The summed E-state index contributed by atoms with van der Waals surface area (Å²) < 4.78 is 14.3. The summed E-state index contributed by atoms with van der Waals surface area (Å²) in [5, 5.41) is 0. The van der Waals surface area contributed by atoms with Crippen molar-refractivity contribution in [2.45, 2.75) is 39.7 Å². The number of hydrogen-bond acceptors (Lipinski definition) is 4. The number of allylic oxidation sites excluding steroid dienone is 2. The van der Waals surface area contributed by atoms with E-state index in [1.807, 2.05) is 54.6 Å². The Labute approximate surface area is 176 Å². The van der Waals surface area contributed by atoms with Gasteiger partial charge in [0.25, 0.3) is 5.52 Å². The number of para-hydroxylation sites is 4. The van der Waals surface area contributed by atoms with Crippen LogP contribution in [0.15, 0.2) is 71.0 Å². The van der Waals surface area contributed by atoms with E-state index in [1.165, 1.54) is 0 Å². The molecule has 1 aliphatic rings. The van der Waals surface area contributed by atoms with Crippen molar-refractivity contribution < 1.29 is 18.5 Å². The van der Waals surface area contributed by atoms with Crippen LogP contribution < -0.4 is 14.2 Å². The molecule has 2 aromatic carbocycles. The maximum Gasteiger partial charge on any atom is 0.374 e. The highest BCUT2D eigenvalue weighted by Crippen LogP contribution is 2.38. The number of Topliss-reactive ketones (excluding diaryl/α,β-unsaturated/α-hetero) is 1. The second-order valence-corrected chi connectivity index (χ2v) is 7.40. The zero-order valence-electron chi connectivity index (χ0n) is 17.5. The fourth-order valence-electron chi connectivity index (χ4n) is 3.77. The molecular formula is C25H27N2O3+. The number of aromatic nitrogens is 1. The van der Waals surface area contributed by atoms with Gasteiger partial charge in [-0.05, 0) is 50.6 Å². The van der Waals surface area contributed by atoms with E-state index in [4.69, 9.17) is 9.15 Å². The maximum absolute atomic E-state index is 11.2. The molecule has 0 saturated heterocycles. The number of carbonyl (C=O) groups excluding carboxylic acids is 1. The Hall–Kier alpha value is -3.34. The van der Waals surface area contributed by atoms with Gasteiger partial charge in [0.1, 0.15) is 5.78 Å². The quantitative estimate of drug-likeness (QED) is 0.381. The molecule has 5 nitrogen and oxygen atoms in total. The fourth-order valence-corrected chi connectivity index (χ4v) is 3.77. The van der Waals surface area contributed by atoms with Gasteiger partial charge in [-0.25, -0.2) is 0 Å². The molecule has 1 aromatic heterocycles. The van der Waals surface area contributed by atoms with E-state index < -0.39 is 0 Å². The molecule has 0 saturated carbocycles. The number of aryl methyl sites for hydroxylation is 1. The average molecular weight is 404 g/mol. The molecule has 0 radical (unpaired) electrons. The molecule has 3 aromatic rings. The van der Waals surface area contributed by atoms with Crippen molar-refractivity contribution in [1.82, 2.24) is 0 Å². The highest BCUT2D eigenvalue weighted by molar-refractivity contribution is 5.75. The molecule has 5 heteroatoms. The van der Waals surface area contributed by atoms with Crippen molar-refractivity contribution in [2.24, 2.45) is 0 Å². The summed E-state index contributed by atoms with van der Waals surface area (Å²) in [6.45, 7) is 5.39. The predicted molar refractivity (Wildman–Crippen MR) is 118 cm³/mol. The lowest BCUT2D eigenvalue weighted by molar-refractivity contribution is -0.678. The van der Waals surface area contributed by atoms with Crippen molar-refractivity contribution in [2.75, 3.05) is 11.4 Å². The lowest BCUT2D eigenvalue weighted by Crippen LogP contribution is -2.35. The molecule has 0 N–H and O–H groups in total. The van der Waals surface area contributed by atoms with Crippen LogP contribution in [0.1, 0.15) is 39.0 Å². The van der Waals surface area contributed by atoms with Crippen molar-refractivity contribution >= 4 is 28.6 Å². The number of rotatable bonds is 8. The number of nitrogens with zero attached hydrogens (tertiary/aromatic N) is 2. The number of unbranched alkanes of at least 4 members (excludes halogenated alkanes) is 1. The third-order valence-corrected chi connectivity index (χ3v) is 5.23. The van der Waals surface area contributed by atoms with E-state index in [2.05, 4.69) is 28.5 Å². The van der Waals surface area contributed by atoms with Gasteiger partial charge in [-0.15, -0.1) is 0 Å². The van der Waals surface area contributed by atoms with Crippen LogP contribution in [0.4, 0.5) is 5.69 Å². The highest BCUT2D eigenvalue weighted by atomic mass is 16.5. The Morgan fingerprint density at radius 3 is 2.73 bits per heavy atom.